The summed E-state index contributed by atoms with van der Waals surface area (Å²) in [5.41, 5.74) is 3.47. The molecule has 0 saturated carbocycles. The van der Waals surface area contributed by atoms with Gasteiger partial charge in [-0.25, -0.2) is 4.39 Å². The Morgan fingerprint density at radius 1 is 1.27 bits per heavy atom. The predicted molar refractivity (Wildman–Crippen MR) is 122 cm³/mol. The Bertz CT molecular complexity index is 1150. The molecule has 0 spiro atoms. The fourth-order valence-electron chi connectivity index (χ4n) is 4.38. The highest BCUT2D eigenvalue weighted by atomic mass is 19.1. The van der Waals surface area contributed by atoms with Crippen LogP contribution in [0.2, 0.25) is 0 Å². The standard InChI is InChI=1S/C24H27FN4O4/c1-13-20(11-18-17-9-15(25)5-6-19(17)28-23(18)32)27-14(2)22(13)24(33)26-12-16(30)10-21(31)29-7-3-4-8-29/h5-6,9,11,16,27,30H,3-4,7-8,10,12H2,1-2H3,(H,26,33)(H,28,32)/b18-11-. The van der Waals surface area contributed by atoms with E-state index in [1.807, 2.05) is 0 Å². The smallest absolute Gasteiger partial charge is 0.256 e. The summed E-state index contributed by atoms with van der Waals surface area (Å²) in [5.74, 6) is -1.29. The molecule has 3 heterocycles. The summed E-state index contributed by atoms with van der Waals surface area (Å²) in [6, 6.07) is 4.08. The van der Waals surface area contributed by atoms with E-state index >= 15 is 0 Å². The monoisotopic (exact) mass is 454 g/mol. The number of likely N-dealkylation sites (tertiary alicyclic amines) is 1. The van der Waals surface area contributed by atoms with Crippen LogP contribution in [0.15, 0.2) is 18.2 Å². The Kier molecular flexibility index (Phi) is 6.33. The number of halogens is 1. The van der Waals surface area contributed by atoms with E-state index in [-0.39, 0.29) is 30.7 Å². The molecule has 9 heteroatoms. The summed E-state index contributed by atoms with van der Waals surface area (Å²) in [4.78, 5) is 42.2. The average Bonchev–Trinajstić information content (AvgIpc) is 3.47. The molecule has 33 heavy (non-hydrogen) atoms. The van der Waals surface area contributed by atoms with Crippen LogP contribution in [0.3, 0.4) is 0 Å². The second-order valence-corrected chi connectivity index (χ2v) is 8.52. The number of carbonyl (C=O) groups is 3. The number of aromatic amines is 1. The van der Waals surface area contributed by atoms with Gasteiger partial charge in [0.15, 0.2) is 0 Å². The van der Waals surface area contributed by atoms with Crippen LogP contribution in [0.5, 0.6) is 0 Å². The molecule has 1 atom stereocenters. The van der Waals surface area contributed by atoms with Crippen LogP contribution >= 0.6 is 0 Å². The van der Waals surface area contributed by atoms with Gasteiger partial charge < -0.3 is 25.6 Å². The van der Waals surface area contributed by atoms with Crippen molar-refractivity contribution in [3.05, 3.63) is 52.1 Å². The van der Waals surface area contributed by atoms with Gasteiger partial charge in [0, 0.05) is 42.3 Å². The maximum atomic E-state index is 13.7. The Hall–Kier alpha value is -3.46. The Morgan fingerprint density at radius 2 is 2.00 bits per heavy atom. The molecule has 2 aromatic rings. The summed E-state index contributed by atoms with van der Waals surface area (Å²) >= 11 is 0. The third kappa shape index (κ3) is 4.68. The predicted octanol–water partition coefficient (Wildman–Crippen LogP) is 2.37. The zero-order chi connectivity index (χ0) is 23.7. The first-order valence-electron chi connectivity index (χ1n) is 11.0. The molecule has 1 aromatic carbocycles. The van der Waals surface area contributed by atoms with E-state index in [2.05, 4.69) is 15.6 Å². The third-order valence-electron chi connectivity index (χ3n) is 6.12. The number of hydrogen-bond donors (Lipinski definition) is 4. The number of nitrogens with one attached hydrogen (secondary N) is 3. The van der Waals surface area contributed by atoms with Crippen LogP contribution in [0.4, 0.5) is 10.1 Å². The molecule has 1 fully saturated rings. The van der Waals surface area contributed by atoms with Gasteiger partial charge in [-0.2, -0.15) is 0 Å². The van der Waals surface area contributed by atoms with Crippen molar-refractivity contribution in [2.45, 2.75) is 39.2 Å². The number of anilines is 1. The topological polar surface area (TPSA) is 115 Å². The fourth-order valence-corrected chi connectivity index (χ4v) is 4.38. The number of benzene rings is 1. The van der Waals surface area contributed by atoms with Crippen molar-refractivity contribution in [2.75, 3.05) is 25.0 Å². The third-order valence-corrected chi connectivity index (χ3v) is 6.12. The lowest BCUT2D eigenvalue weighted by atomic mass is 10.0. The Morgan fingerprint density at radius 3 is 2.73 bits per heavy atom. The maximum Gasteiger partial charge on any atom is 0.256 e. The second-order valence-electron chi connectivity index (χ2n) is 8.52. The number of rotatable bonds is 6. The number of aromatic nitrogens is 1. The first kappa shape index (κ1) is 22.7. The summed E-state index contributed by atoms with van der Waals surface area (Å²) in [7, 11) is 0. The number of aliphatic hydroxyl groups excluding tert-OH is 1. The molecule has 2 aliphatic heterocycles. The number of amides is 3. The zero-order valence-corrected chi connectivity index (χ0v) is 18.6. The van der Waals surface area contributed by atoms with Gasteiger partial charge in [-0.15, -0.1) is 0 Å². The van der Waals surface area contributed by atoms with Gasteiger partial charge >= 0.3 is 0 Å². The van der Waals surface area contributed by atoms with Crippen molar-refractivity contribution in [2.24, 2.45) is 0 Å². The highest BCUT2D eigenvalue weighted by Gasteiger charge is 2.26. The summed E-state index contributed by atoms with van der Waals surface area (Å²) < 4.78 is 13.7. The van der Waals surface area contributed by atoms with Gasteiger partial charge in [0.1, 0.15) is 5.82 Å². The van der Waals surface area contributed by atoms with Gasteiger partial charge in [0.25, 0.3) is 11.8 Å². The highest BCUT2D eigenvalue weighted by Crippen LogP contribution is 2.34. The molecule has 1 aromatic heterocycles. The minimum atomic E-state index is -0.975. The summed E-state index contributed by atoms with van der Waals surface area (Å²) in [6.45, 7) is 4.87. The number of H-pyrrole nitrogens is 1. The maximum absolute atomic E-state index is 13.7. The number of fused-ring (bicyclic) bond motifs is 1. The quantitative estimate of drug-likeness (QED) is 0.502. The molecule has 8 nitrogen and oxygen atoms in total. The van der Waals surface area contributed by atoms with Crippen molar-refractivity contribution < 1.29 is 23.9 Å². The van der Waals surface area contributed by atoms with E-state index in [1.165, 1.54) is 18.2 Å². The van der Waals surface area contributed by atoms with E-state index < -0.39 is 11.9 Å². The molecule has 174 valence electrons. The highest BCUT2D eigenvalue weighted by molar-refractivity contribution is 6.34. The number of hydrogen-bond acceptors (Lipinski definition) is 4. The van der Waals surface area contributed by atoms with Crippen LogP contribution in [-0.2, 0) is 9.59 Å². The van der Waals surface area contributed by atoms with Gasteiger partial charge in [0.05, 0.1) is 23.7 Å². The molecule has 1 unspecified atom stereocenters. The average molecular weight is 455 g/mol. The molecule has 3 amide bonds. The molecule has 0 bridgehead atoms. The zero-order valence-electron chi connectivity index (χ0n) is 18.6. The van der Waals surface area contributed by atoms with Crippen LogP contribution in [0, 0.1) is 19.7 Å². The van der Waals surface area contributed by atoms with Crippen molar-refractivity contribution in [1.29, 1.82) is 0 Å². The van der Waals surface area contributed by atoms with E-state index in [9.17, 15) is 23.9 Å². The van der Waals surface area contributed by atoms with Crippen molar-refractivity contribution >= 4 is 35.1 Å². The van der Waals surface area contributed by atoms with Crippen LogP contribution < -0.4 is 10.6 Å². The molecule has 1 saturated heterocycles. The van der Waals surface area contributed by atoms with Gasteiger partial charge in [-0.05, 0) is 56.5 Å². The SMILES string of the molecule is Cc1[nH]c(/C=C2\C(=O)Nc3ccc(F)cc32)c(C)c1C(=O)NCC(O)CC(=O)N1CCCC1. The first-order valence-corrected chi connectivity index (χ1v) is 11.0. The molecular formula is C24H27FN4O4. The first-order chi connectivity index (χ1) is 15.7. The van der Waals surface area contributed by atoms with E-state index in [4.69, 9.17) is 0 Å². The number of aliphatic hydroxyl groups is 1. The largest absolute Gasteiger partial charge is 0.391 e. The van der Waals surface area contributed by atoms with Crippen molar-refractivity contribution in [3.63, 3.8) is 0 Å². The lowest BCUT2D eigenvalue weighted by Gasteiger charge is -2.18. The molecule has 4 N–H and O–H groups in total. The van der Waals surface area contributed by atoms with E-state index in [0.29, 0.717) is 52.4 Å². The van der Waals surface area contributed by atoms with E-state index in [1.54, 1.807) is 24.8 Å². The van der Waals surface area contributed by atoms with Gasteiger partial charge in [-0.3, -0.25) is 14.4 Å². The molecule has 2 aliphatic rings. The molecule has 0 aliphatic carbocycles. The van der Waals surface area contributed by atoms with Crippen molar-refractivity contribution in [1.82, 2.24) is 15.2 Å². The van der Waals surface area contributed by atoms with Gasteiger partial charge in [0.2, 0.25) is 5.91 Å². The normalized spacial score (nSPS) is 17.3. The van der Waals surface area contributed by atoms with E-state index in [0.717, 1.165) is 12.8 Å². The number of carbonyl (C=O) groups excluding carboxylic acids is 3. The molecule has 0 radical (unpaired) electrons. The number of aryl methyl sites for hydroxylation is 1. The van der Waals surface area contributed by atoms with Crippen molar-refractivity contribution in [3.8, 4) is 0 Å². The van der Waals surface area contributed by atoms with Crippen LogP contribution in [-0.4, -0.2) is 58.5 Å². The van der Waals surface area contributed by atoms with Gasteiger partial charge in [-0.1, -0.05) is 0 Å². The molecule has 4 rings (SSSR count). The fraction of sp³-hybridized carbons (Fsp3) is 0.375. The number of nitrogens with zero attached hydrogens (tertiary/aromatic N) is 1. The van der Waals surface area contributed by atoms with Crippen LogP contribution in [0.1, 0.15) is 52.1 Å². The Balaban J connectivity index is 1.46. The van der Waals surface area contributed by atoms with Crippen LogP contribution in [0.25, 0.3) is 11.6 Å². The lowest BCUT2D eigenvalue weighted by Crippen LogP contribution is -2.37. The molecular weight excluding hydrogens is 427 g/mol. The summed E-state index contributed by atoms with van der Waals surface area (Å²) in [5, 5.41) is 15.6. The lowest BCUT2D eigenvalue weighted by molar-refractivity contribution is -0.132. The minimum Gasteiger partial charge on any atom is -0.391 e. The minimum absolute atomic E-state index is 0.0339. The second kappa shape index (κ2) is 9.19. The summed E-state index contributed by atoms with van der Waals surface area (Å²) in [6.07, 6.45) is 2.55. The Labute approximate surface area is 190 Å².